The fraction of sp³-hybridized carbons (Fsp3) is 0.333. The van der Waals surface area contributed by atoms with Crippen LogP contribution in [0.1, 0.15) is 49.3 Å². The Morgan fingerprint density at radius 3 is 1.77 bits per heavy atom. The van der Waals surface area contributed by atoms with Crippen molar-refractivity contribution in [1.82, 2.24) is 39.2 Å². The number of aromatic nitrogens is 8. The molecule has 0 aliphatic heterocycles. The number of aromatic amines is 2. The molecule has 2 saturated carbocycles. The summed E-state index contributed by atoms with van der Waals surface area (Å²) >= 11 is 7.93. The highest BCUT2D eigenvalue weighted by molar-refractivity contribution is 7.10. The van der Waals surface area contributed by atoms with E-state index in [4.69, 9.17) is 21.6 Å². The van der Waals surface area contributed by atoms with Gasteiger partial charge < -0.3 is 15.1 Å². The molecule has 18 heteroatoms. The monoisotopic (exact) mass is 707 g/mol. The molecule has 6 aromatic rings. The van der Waals surface area contributed by atoms with Crippen molar-refractivity contribution in [2.75, 3.05) is 18.0 Å². The molecule has 0 spiro atoms. The number of thiazole rings is 2. The topological polar surface area (TPSA) is 195 Å². The van der Waals surface area contributed by atoms with Gasteiger partial charge in [0.05, 0.1) is 34.2 Å². The second-order valence-electron chi connectivity index (χ2n) is 11.2. The van der Waals surface area contributed by atoms with Gasteiger partial charge in [0, 0.05) is 35.7 Å². The van der Waals surface area contributed by atoms with Crippen molar-refractivity contribution in [1.29, 1.82) is 0 Å². The smallest absolute Gasteiger partial charge is 0.307 e. The lowest BCUT2D eigenvalue weighted by atomic mass is 10.3. The minimum absolute atomic E-state index is 0.137. The number of halogens is 1. The molecular weight excluding hydrogens is 678 g/mol. The van der Waals surface area contributed by atoms with Gasteiger partial charge >= 0.3 is 9.75 Å². The number of anilines is 1. The lowest BCUT2D eigenvalue weighted by Gasteiger charge is -2.19. The zero-order valence-electron chi connectivity index (χ0n) is 25.8. The van der Waals surface area contributed by atoms with Crippen LogP contribution in [0.4, 0.5) is 5.82 Å². The first kappa shape index (κ1) is 31.7. The van der Waals surface area contributed by atoms with Crippen LogP contribution in [0.25, 0.3) is 23.4 Å². The van der Waals surface area contributed by atoms with Crippen molar-refractivity contribution in [2.24, 2.45) is 9.98 Å². The van der Waals surface area contributed by atoms with E-state index in [0.29, 0.717) is 49.0 Å². The molecule has 2 aliphatic carbocycles. The lowest BCUT2D eigenvalue weighted by Crippen LogP contribution is -2.27. The number of fused-ring (bicyclic) bond motifs is 2. The van der Waals surface area contributed by atoms with E-state index in [1.165, 1.54) is 0 Å². The molecule has 48 heavy (non-hydrogen) atoms. The Morgan fingerprint density at radius 1 is 0.854 bits per heavy atom. The van der Waals surface area contributed by atoms with Crippen LogP contribution in [0.3, 0.4) is 0 Å². The van der Waals surface area contributed by atoms with E-state index in [0.717, 1.165) is 78.0 Å². The van der Waals surface area contributed by atoms with E-state index in [2.05, 4.69) is 48.9 Å². The average molecular weight is 708 g/mol. The molecular formula is C30H30ClN11O4S2. The highest BCUT2D eigenvalue weighted by Gasteiger charge is 2.21. The van der Waals surface area contributed by atoms with Gasteiger partial charge in [-0.25, -0.2) is 9.97 Å². The minimum atomic E-state index is -0.323. The van der Waals surface area contributed by atoms with Crippen molar-refractivity contribution in [2.45, 2.75) is 51.6 Å². The van der Waals surface area contributed by atoms with Crippen LogP contribution in [-0.4, -0.2) is 74.6 Å². The number of hydrogen-bond acceptors (Lipinski definition) is 13. The Morgan fingerprint density at radius 2 is 1.33 bits per heavy atom. The fourth-order valence-electron chi connectivity index (χ4n) is 4.91. The van der Waals surface area contributed by atoms with E-state index >= 15 is 0 Å². The minimum Gasteiger partial charge on any atom is -0.493 e. The number of H-pyrrole nitrogens is 2. The molecule has 0 atom stereocenters. The SMILES string of the molecule is CCN(CC)c1cc(=NC2CC2)n2ncc(=Cc3sc(=O)[nH]c3O)c2n1.O=c1[nH]c(O)c(C=c2cnn3c(=NC4CC4)cc(Cl)nc23)s1. The first-order valence-corrected chi connectivity index (χ1v) is 17.3. The van der Waals surface area contributed by atoms with Gasteiger partial charge in [-0.15, -0.1) is 0 Å². The average Bonchev–Trinajstić information content (AvgIpc) is 3.91. The van der Waals surface area contributed by atoms with Gasteiger partial charge in [0.1, 0.15) is 11.0 Å². The van der Waals surface area contributed by atoms with Crippen LogP contribution < -0.4 is 36.1 Å². The van der Waals surface area contributed by atoms with Crippen molar-refractivity contribution in [3.8, 4) is 11.8 Å². The van der Waals surface area contributed by atoms with Crippen LogP contribution in [0.5, 0.6) is 11.8 Å². The molecule has 6 aromatic heterocycles. The van der Waals surface area contributed by atoms with Crippen LogP contribution >= 0.6 is 34.3 Å². The number of aromatic hydroxyl groups is 2. The predicted molar refractivity (Wildman–Crippen MR) is 182 cm³/mol. The third kappa shape index (κ3) is 6.74. The maximum absolute atomic E-state index is 11.4. The molecule has 6 heterocycles. The number of hydrogen-bond donors (Lipinski definition) is 4. The summed E-state index contributed by atoms with van der Waals surface area (Å²) < 4.78 is 3.34. The molecule has 2 fully saturated rings. The molecule has 4 N–H and O–H groups in total. The lowest BCUT2D eigenvalue weighted by molar-refractivity contribution is 0.454. The standard InChI is InChI=1S/C17H20N6O2S.C13H10ClN5O2S/c1-3-22(4-2)13-8-14(19-11-5-6-11)23-15(20-13)10(9-18-23)7-12-16(24)21-17(25)26-12;14-9-4-10(16-7-1-2-7)19-11(17-9)6(5-15-19)3-8-12(20)18-13(21)22-8/h7-9,11,24H,3-6H2,1-2H3,(H,21,25);3-5,7,20H,1-2H2,(H,18,21). The van der Waals surface area contributed by atoms with Crippen LogP contribution in [0.15, 0.2) is 44.1 Å². The Balaban J connectivity index is 0.000000154. The molecule has 0 amide bonds. The third-order valence-electron chi connectivity index (χ3n) is 7.61. The van der Waals surface area contributed by atoms with Gasteiger partial charge in [-0.3, -0.25) is 29.5 Å². The third-order valence-corrected chi connectivity index (χ3v) is 9.44. The Kier molecular flexibility index (Phi) is 8.57. The van der Waals surface area contributed by atoms with E-state index in [1.54, 1.807) is 39.6 Å². The van der Waals surface area contributed by atoms with Gasteiger partial charge in [-0.05, 0) is 51.7 Å². The zero-order valence-corrected chi connectivity index (χ0v) is 28.2. The van der Waals surface area contributed by atoms with Crippen molar-refractivity contribution >= 4 is 63.5 Å². The van der Waals surface area contributed by atoms with E-state index in [-0.39, 0.29) is 21.5 Å². The second kappa shape index (κ2) is 13.0. The largest absolute Gasteiger partial charge is 0.493 e. The summed E-state index contributed by atoms with van der Waals surface area (Å²) in [6.45, 7) is 5.86. The zero-order chi connectivity index (χ0) is 33.5. The highest BCUT2D eigenvalue weighted by Crippen LogP contribution is 2.23. The molecule has 0 radical (unpaired) electrons. The van der Waals surface area contributed by atoms with Gasteiger partial charge in [0.25, 0.3) is 0 Å². The van der Waals surface area contributed by atoms with Crippen molar-refractivity contribution < 1.29 is 10.2 Å². The number of nitrogens with zero attached hydrogens (tertiary/aromatic N) is 9. The highest BCUT2D eigenvalue weighted by atomic mass is 35.5. The molecule has 248 valence electrons. The Labute approximate surface area is 283 Å². The van der Waals surface area contributed by atoms with Gasteiger partial charge in [-0.2, -0.15) is 19.2 Å². The molecule has 15 nitrogen and oxygen atoms in total. The van der Waals surface area contributed by atoms with Crippen LogP contribution in [0.2, 0.25) is 5.15 Å². The summed E-state index contributed by atoms with van der Waals surface area (Å²) in [6.07, 6.45) is 11.0. The van der Waals surface area contributed by atoms with Gasteiger partial charge in [0.15, 0.2) is 22.3 Å². The maximum Gasteiger partial charge on any atom is 0.307 e. The first-order chi connectivity index (χ1) is 23.2. The van der Waals surface area contributed by atoms with Crippen LogP contribution in [0, 0.1) is 0 Å². The van der Waals surface area contributed by atoms with E-state index < -0.39 is 0 Å². The molecule has 0 bridgehead atoms. The normalized spacial score (nSPS) is 16.3. The molecule has 2 aliphatic rings. The fourth-order valence-corrected chi connectivity index (χ4v) is 6.45. The molecule has 0 aromatic carbocycles. The predicted octanol–water partition coefficient (Wildman–Crippen LogP) is 1.09. The second-order valence-corrected chi connectivity index (χ2v) is 13.6. The van der Waals surface area contributed by atoms with Crippen molar-refractivity contribution in [3.05, 3.63) is 80.2 Å². The van der Waals surface area contributed by atoms with Crippen LogP contribution in [-0.2, 0) is 0 Å². The summed E-state index contributed by atoms with van der Waals surface area (Å²) in [7, 11) is 0. The van der Waals surface area contributed by atoms with E-state index in [9.17, 15) is 19.8 Å². The van der Waals surface area contributed by atoms with Crippen molar-refractivity contribution in [3.63, 3.8) is 0 Å². The molecule has 8 rings (SSSR count). The Bertz CT molecular complexity index is 2520. The first-order valence-electron chi connectivity index (χ1n) is 15.3. The number of rotatable bonds is 7. The maximum atomic E-state index is 11.4. The summed E-state index contributed by atoms with van der Waals surface area (Å²) in [6, 6.07) is 4.34. The number of nitrogens with one attached hydrogen (secondary N) is 2. The Hall–Kier alpha value is -4.87. The van der Waals surface area contributed by atoms with E-state index in [1.807, 2.05) is 6.07 Å². The quantitative estimate of drug-likeness (QED) is 0.176. The molecule has 0 saturated heterocycles. The van der Waals surface area contributed by atoms with Gasteiger partial charge in [-0.1, -0.05) is 34.3 Å². The summed E-state index contributed by atoms with van der Waals surface area (Å²) in [5, 5.41) is 29.9. The summed E-state index contributed by atoms with van der Waals surface area (Å²) in [4.78, 5) is 48.2. The molecule has 0 unspecified atom stereocenters. The van der Waals surface area contributed by atoms with Gasteiger partial charge in [0.2, 0.25) is 11.8 Å². The summed E-state index contributed by atoms with van der Waals surface area (Å²) in [5.74, 6) is 0.546. The summed E-state index contributed by atoms with van der Waals surface area (Å²) in [5.41, 5.74) is 2.63.